The van der Waals surface area contributed by atoms with E-state index in [2.05, 4.69) is 46.8 Å². The monoisotopic (exact) mass is 210 g/mol. The summed E-state index contributed by atoms with van der Waals surface area (Å²) in [6.07, 6.45) is 0. The molecule has 0 aliphatic heterocycles. The molecule has 14 heavy (non-hydrogen) atoms. The third kappa shape index (κ3) is 1.95. The van der Waals surface area contributed by atoms with Gasteiger partial charge in [0.15, 0.2) is 0 Å². The molecule has 0 saturated carbocycles. The van der Waals surface area contributed by atoms with Crippen molar-refractivity contribution in [1.82, 2.24) is 0 Å². The predicted molar refractivity (Wildman–Crippen MR) is 63.9 cm³/mol. The maximum atomic E-state index is 6.21. The van der Waals surface area contributed by atoms with Crippen molar-refractivity contribution in [1.29, 1.82) is 0 Å². The first-order valence-corrected chi connectivity index (χ1v) is 5.39. The Labute approximate surface area is 92.3 Å². The van der Waals surface area contributed by atoms with Gasteiger partial charge in [0.2, 0.25) is 0 Å². The summed E-state index contributed by atoms with van der Waals surface area (Å²) in [6.45, 7) is 11.2. The van der Waals surface area contributed by atoms with E-state index in [1.54, 1.807) is 0 Å². The number of halogens is 1. The molecule has 0 atom stereocenters. The van der Waals surface area contributed by atoms with Crippen LogP contribution in [0.2, 0.25) is 5.02 Å². The quantitative estimate of drug-likeness (QED) is 0.632. The van der Waals surface area contributed by atoms with Gasteiger partial charge in [0.25, 0.3) is 0 Å². The normalized spacial score (nSPS) is 13.0. The molecule has 1 aromatic rings. The van der Waals surface area contributed by atoms with E-state index in [1.807, 2.05) is 12.1 Å². The highest BCUT2D eigenvalue weighted by atomic mass is 35.5. The van der Waals surface area contributed by atoms with Gasteiger partial charge in [-0.25, -0.2) is 0 Å². The van der Waals surface area contributed by atoms with Crippen molar-refractivity contribution in [2.75, 3.05) is 0 Å². The molecule has 0 saturated heterocycles. The van der Waals surface area contributed by atoms with Gasteiger partial charge in [-0.3, -0.25) is 0 Å². The lowest BCUT2D eigenvalue weighted by molar-refractivity contribution is 0.225. The van der Waals surface area contributed by atoms with E-state index in [1.165, 1.54) is 5.56 Å². The second-order valence-corrected chi connectivity index (χ2v) is 5.76. The zero-order valence-electron chi connectivity index (χ0n) is 9.69. The predicted octanol–water partition coefficient (Wildman–Crippen LogP) is 4.66. The Morgan fingerprint density at radius 3 is 1.86 bits per heavy atom. The molecule has 0 aliphatic rings. The summed E-state index contributed by atoms with van der Waals surface area (Å²) in [6, 6.07) is 8.11. The average Bonchev–Trinajstić information content (AvgIpc) is 2.02. The van der Waals surface area contributed by atoms with E-state index in [9.17, 15) is 0 Å². The minimum absolute atomic E-state index is 0.0886. The summed E-state index contributed by atoms with van der Waals surface area (Å²) >= 11 is 6.21. The molecule has 0 radical (unpaired) electrons. The van der Waals surface area contributed by atoms with Crippen molar-refractivity contribution in [2.24, 2.45) is 5.41 Å². The molecule has 1 aromatic carbocycles. The van der Waals surface area contributed by atoms with Gasteiger partial charge in [-0.15, -0.1) is 0 Å². The molecule has 0 nitrogen and oxygen atoms in total. The van der Waals surface area contributed by atoms with Crippen molar-refractivity contribution < 1.29 is 0 Å². The molecule has 78 valence electrons. The zero-order chi connectivity index (χ0) is 11.0. The topological polar surface area (TPSA) is 0 Å². The van der Waals surface area contributed by atoms with E-state index in [-0.39, 0.29) is 10.8 Å². The summed E-state index contributed by atoms with van der Waals surface area (Å²) < 4.78 is 0. The Balaban J connectivity index is 3.23. The Morgan fingerprint density at radius 1 is 0.929 bits per heavy atom. The second kappa shape index (κ2) is 3.58. The lowest BCUT2D eigenvalue weighted by Crippen LogP contribution is -2.34. The van der Waals surface area contributed by atoms with Crippen LogP contribution in [0.15, 0.2) is 24.3 Å². The van der Waals surface area contributed by atoms with Crippen LogP contribution in [0, 0.1) is 5.41 Å². The van der Waals surface area contributed by atoms with Gasteiger partial charge in [0.05, 0.1) is 0 Å². The molecular weight excluding hydrogens is 192 g/mol. The standard InChI is InChI=1S/C13H19Cl/c1-12(2,3)13(4,5)10-8-6-7-9-11(10)14/h6-9H,1-5H3. The van der Waals surface area contributed by atoms with E-state index < -0.39 is 0 Å². The van der Waals surface area contributed by atoms with Crippen LogP contribution in [0.4, 0.5) is 0 Å². The number of benzene rings is 1. The molecule has 0 aliphatic carbocycles. The van der Waals surface area contributed by atoms with E-state index >= 15 is 0 Å². The molecule has 0 heterocycles. The van der Waals surface area contributed by atoms with Crippen molar-refractivity contribution in [2.45, 2.75) is 40.0 Å². The molecule has 1 heteroatoms. The Morgan fingerprint density at radius 2 is 1.43 bits per heavy atom. The van der Waals surface area contributed by atoms with Crippen LogP contribution in [0.3, 0.4) is 0 Å². The van der Waals surface area contributed by atoms with Gasteiger partial charge < -0.3 is 0 Å². The molecular formula is C13H19Cl. The summed E-state index contributed by atoms with van der Waals surface area (Å²) in [5.41, 5.74) is 1.53. The van der Waals surface area contributed by atoms with Gasteiger partial charge in [-0.2, -0.15) is 0 Å². The third-order valence-electron chi connectivity index (χ3n) is 3.42. The van der Waals surface area contributed by atoms with Crippen molar-refractivity contribution in [3.8, 4) is 0 Å². The van der Waals surface area contributed by atoms with E-state index in [0.717, 1.165) is 5.02 Å². The largest absolute Gasteiger partial charge is 0.0840 e. The van der Waals surface area contributed by atoms with Crippen molar-refractivity contribution >= 4 is 11.6 Å². The number of rotatable bonds is 1. The van der Waals surface area contributed by atoms with Crippen LogP contribution in [-0.4, -0.2) is 0 Å². The minimum atomic E-state index is 0.0886. The average molecular weight is 211 g/mol. The van der Waals surface area contributed by atoms with Gasteiger partial charge in [-0.1, -0.05) is 64.4 Å². The van der Waals surface area contributed by atoms with Gasteiger partial charge in [0, 0.05) is 5.02 Å². The molecule has 0 aromatic heterocycles. The van der Waals surface area contributed by atoms with Crippen molar-refractivity contribution in [3.63, 3.8) is 0 Å². The molecule has 0 fully saturated rings. The fourth-order valence-corrected chi connectivity index (χ4v) is 1.74. The fourth-order valence-electron chi connectivity index (χ4n) is 1.37. The van der Waals surface area contributed by atoms with Crippen LogP contribution in [-0.2, 0) is 5.41 Å². The Hall–Kier alpha value is -0.490. The number of hydrogen-bond acceptors (Lipinski definition) is 0. The van der Waals surface area contributed by atoms with Gasteiger partial charge in [-0.05, 0) is 22.5 Å². The Bertz CT molecular complexity index is 318. The summed E-state index contributed by atoms with van der Waals surface area (Å²) in [5.74, 6) is 0. The molecule has 1 rings (SSSR count). The van der Waals surface area contributed by atoms with Crippen LogP contribution in [0.5, 0.6) is 0 Å². The zero-order valence-corrected chi connectivity index (χ0v) is 10.4. The second-order valence-electron chi connectivity index (χ2n) is 5.35. The third-order valence-corrected chi connectivity index (χ3v) is 3.75. The fraction of sp³-hybridized carbons (Fsp3) is 0.538. The maximum absolute atomic E-state index is 6.21. The lowest BCUT2D eigenvalue weighted by atomic mass is 9.65. The maximum Gasteiger partial charge on any atom is 0.0443 e. The van der Waals surface area contributed by atoms with Crippen LogP contribution < -0.4 is 0 Å². The summed E-state index contributed by atoms with van der Waals surface area (Å²) in [4.78, 5) is 0. The molecule has 0 bridgehead atoms. The van der Waals surface area contributed by atoms with Crippen LogP contribution in [0.25, 0.3) is 0 Å². The van der Waals surface area contributed by atoms with E-state index in [0.29, 0.717) is 0 Å². The summed E-state index contributed by atoms with van der Waals surface area (Å²) in [5, 5.41) is 0.868. The number of hydrogen-bond donors (Lipinski definition) is 0. The Kier molecular flexibility index (Phi) is 2.96. The SMILES string of the molecule is CC(C)(C)C(C)(C)c1ccccc1Cl. The highest BCUT2D eigenvalue weighted by Crippen LogP contribution is 2.43. The van der Waals surface area contributed by atoms with Crippen molar-refractivity contribution in [3.05, 3.63) is 34.9 Å². The summed E-state index contributed by atoms with van der Waals surface area (Å²) in [7, 11) is 0. The van der Waals surface area contributed by atoms with E-state index in [4.69, 9.17) is 11.6 Å². The molecule has 0 unspecified atom stereocenters. The highest BCUT2D eigenvalue weighted by Gasteiger charge is 2.35. The van der Waals surface area contributed by atoms with Gasteiger partial charge in [0.1, 0.15) is 0 Å². The minimum Gasteiger partial charge on any atom is -0.0840 e. The smallest absolute Gasteiger partial charge is 0.0443 e. The lowest BCUT2D eigenvalue weighted by Gasteiger charge is -2.39. The molecule has 0 amide bonds. The highest BCUT2D eigenvalue weighted by molar-refractivity contribution is 6.31. The first-order valence-electron chi connectivity index (χ1n) is 5.02. The molecule has 0 spiro atoms. The van der Waals surface area contributed by atoms with Gasteiger partial charge >= 0.3 is 0 Å². The first-order chi connectivity index (χ1) is 6.27. The van der Waals surface area contributed by atoms with Crippen LogP contribution >= 0.6 is 11.6 Å². The first kappa shape index (κ1) is 11.6. The van der Waals surface area contributed by atoms with Crippen LogP contribution in [0.1, 0.15) is 40.2 Å². The molecule has 0 N–H and O–H groups in total.